The van der Waals surface area contributed by atoms with Gasteiger partial charge in [-0.15, -0.1) is 0 Å². The van der Waals surface area contributed by atoms with Crippen molar-refractivity contribution in [1.29, 1.82) is 0 Å². The summed E-state index contributed by atoms with van der Waals surface area (Å²) < 4.78 is 22.0. The van der Waals surface area contributed by atoms with E-state index in [0.29, 0.717) is 12.8 Å². The summed E-state index contributed by atoms with van der Waals surface area (Å²) in [6, 6.07) is 6.09. The third-order valence-electron chi connectivity index (χ3n) is 2.99. The fourth-order valence-electron chi connectivity index (χ4n) is 1.73. The monoisotopic (exact) mass is 255 g/mol. The van der Waals surface area contributed by atoms with Crippen molar-refractivity contribution < 1.29 is 8.42 Å². The van der Waals surface area contributed by atoms with E-state index in [-0.39, 0.29) is 11.8 Å². The largest absolute Gasteiger partial charge is 0.324 e. The van der Waals surface area contributed by atoms with Crippen molar-refractivity contribution in [2.45, 2.75) is 32.7 Å². The maximum absolute atomic E-state index is 11.0. The van der Waals surface area contributed by atoms with Gasteiger partial charge in [-0.2, -0.15) is 0 Å². The number of hydrogen-bond acceptors (Lipinski definition) is 3. The first-order valence-corrected chi connectivity index (χ1v) is 7.86. The number of hydrogen-bond donors (Lipinski definition) is 1. The molecular formula is C13H21NO2S. The highest BCUT2D eigenvalue weighted by Crippen LogP contribution is 2.19. The fraction of sp³-hybridized carbons (Fsp3) is 0.538. The van der Waals surface area contributed by atoms with Crippen molar-refractivity contribution in [3.63, 3.8) is 0 Å². The van der Waals surface area contributed by atoms with Gasteiger partial charge in [-0.05, 0) is 43.4 Å². The van der Waals surface area contributed by atoms with Gasteiger partial charge in [0.2, 0.25) is 0 Å². The van der Waals surface area contributed by atoms with E-state index in [4.69, 9.17) is 5.73 Å². The molecule has 0 aromatic heterocycles. The van der Waals surface area contributed by atoms with Crippen molar-refractivity contribution in [3.8, 4) is 0 Å². The summed E-state index contributed by atoms with van der Waals surface area (Å²) in [5.41, 5.74) is 9.60. The second-order valence-corrected chi connectivity index (χ2v) is 6.98. The quantitative estimate of drug-likeness (QED) is 0.876. The minimum atomic E-state index is -2.87. The second-order valence-electron chi connectivity index (χ2n) is 4.72. The Kier molecular flexibility index (Phi) is 4.71. The predicted octanol–water partition coefficient (Wildman–Crippen LogP) is 2.13. The van der Waals surface area contributed by atoms with Crippen LogP contribution in [0, 0.1) is 13.8 Å². The second kappa shape index (κ2) is 5.65. The molecule has 0 radical (unpaired) electrons. The molecule has 17 heavy (non-hydrogen) atoms. The summed E-state index contributed by atoms with van der Waals surface area (Å²) in [5.74, 6) is 0.214. The Hall–Kier alpha value is -0.870. The van der Waals surface area contributed by atoms with Crippen LogP contribution in [0.4, 0.5) is 0 Å². The summed E-state index contributed by atoms with van der Waals surface area (Å²) in [4.78, 5) is 0. The summed E-state index contributed by atoms with van der Waals surface area (Å²) >= 11 is 0. The molecule has 0 heterocycles. The van der Waals surface area contributed by atoms with Gasteiger partial charge in [0.15, 0.2) is 0 Å². The number of nitrogens with two attached hydrogens (primary N) is 1. The average Bonchev–Trinajstić information content (AvgIpc) is 2.20. The van der Waals surface area contributed by atoms with Gasteiger partial charge in [0.25, 0.3) is 0 Å². The molecular weight excluding hydrogens is 234 g/mol. The molecule has 0 aliphatic rings. The van der Waals surface area contributed by atoms with E-state index in [1.54, 1.807) is 0 Å². The molecule has 0 saturated heterocycles. The highest BCUT2D eigenvalue weighted by Gasteiger charge is 2.09. The van der Waals surface area contributed by atoms with Crippen LogP contribution in [0.3, 0.4) is 0 Å². The summed E-state index contributed by atoms with van der Waals surface area (Å²) in [6.07, 6.45) is 2.58. The van der Waals surface area contributed by atoms with E-state index in [2.05, 4.69) is 26.0 Å². The lowest BCUT2D eigenvalue weighted by Crippen LogP contribution is -2.13. The van der Waals surface area contributed by atoms with E-state index in [9.17, 15) is 8.42 Å². The van der Waals surface area contributed by atoms with Gasteiger partial charge in [-0.3, -0.25) is 0 Å². The van der Waals surface area contributed by atoms with Crippen molar-refractivity contribution >= 4 is 9.84 Å². The van der Waals surface area contributed by atoms with Crippen LogP contribution in [0.15, 0.2) is 18.2 Å². The van der Waals surface area contributed by atoms with Gasteiger partial charge in [0, 0.05) is 18.1 Å². The van der Waals surface area contributed by atoms with E-state index in [1.807, 2.05) is 6.07 Å². The molecule has 3 nitrogen and oxygen atoms in total. The zero-order valence-electron chi connectivity index (χ0n) is 10.7. The average molecular weight is 255 g/mol. The molecule has 4 heteroatoms. The van der Waals surface area contributed by atoms with Crippen molar-refractivity contribution in [1.82, 2.24) is 0 Å². The number of benzene rings is 1. The molecule has 0 aliphatic heterocycles. The smallest absolute Gasteiger partial charge is 0.147 e. The Bertz CT molecular complexity index is 480. The topological polar surface area (TPSA) is 60.2 Å². The first-order chi connectivity index (χ1) is 7.79. The van der Waals surface area contributed by atoms with Crippen LogP contribution in [-0.4, -0.2) is 20.4 Å². The van der Waals surface area contributed by atoms with Crippen LogP contribution >= 0.6 is 0 Å². The van der Waals surface area contributed by atoms with Crippen molar-refractivity contribution in [2.24, 2.45) is 5.73 Å². The Balaban J connectivity index is 2.58. The molecule has 96 valence electrons. The van der Waals surface area contributed by atoms with Crippen LogP contribution < -0.4 is 5.73 Å². The van der Waals surface area contributed by atoms with Gasteiger partial charge < -0.3 is 5.73 Å². The lowest BCUT2D eigenvalue weighted by Gasteiger charge is -2.13. The van der Waals surface area contributed by atoms with Crippen LogP contribution in [0.25, 0.3) is 0 Å². The van der Waals surface area contributed by atoms with Gasteiger partial charge in [-0.1, -0.05) is 18.2 Å². The zero-order chi connectivity index (χ0) is 13.1. The lowest BCUT2D eigenvalue weighted by molar-refractivity contribution is 0.588. The normalized spacial score (nSPS) is 13.6. The number of sulfone groups is 1. The third kappa shape index (κ3) is 4.88. The van der Waals surface area contributed by atoms with Gasteiger partial charge in [-0.25, -0.2) is 8.42 Å². The van der Waals surface area contributed by atoms with Gasteiger partial charge in [0.1, 0.15) is 9.84 Å². The van der Waals surface area contributed by atoms with Crippen molar-refractivity contribution in [2.75, 3.05) is 12.0 Å². The Morgan fingerprint density at radius 3 is 2.41 bits per heavy atom. The standard InChI is InChI=1S/C13H21NO2S/c1-10-6-7-12(9-11(10)2)13(14)5-4-8-17(3,15)16/h6-7,9,13H,4-5,8,14H2,1-3H3. The summed E-state index contributed by atoms with van der Waals surface area (Å²) in [7, 11) is -2.87. The van der Waals surface area contributed by atoms with Crippen LogP contribution in [0.5, 0.6) is 0 Å². The molecule has 1 atom stereocenters. The molecule has 2 N–H and O–H groups in total. The maximum atomic E-state index is 11.0. The molecule has 0 bridgehead atoms. The molecule has 0 aliphatic carbocycles. The van der Waals surface area contributed by atoms with Gasteiger partial charge >= 0.3 is 0 Å². The SMILES string of the molecule is Cc1ccc(C(N)CCCS(C)(=O)=O)cc1C. The first kappa shape index (κ1) is 14.2. The lowest BCUT2D eigenvalue weighted by atomic mass is 9.99. The van der Waals surface area contributed by atoms with E-state index in [0.717, 1.165) is 5.56 Å². The van der Waals surface area contributed by atoms with Crippen molar-refractivity contribution in [3.05, 3.63) is 34.9 Å². The summed E-state index contributed by atoms with van der Waals surface area (Å²) in [5, 5.41) is 0. The Labute approximate surface area is 104 Å². The highest BCUT2D eigenvalue weighted by molar-refractivity contribution is 7.90. The fourth-order valence-corrected chi connectivity index (χ4v) is 2.42. The highest BCUT2D eigenvalue weighted by atomic mass is 32.2. The van der Waals surface area contributed by atoms with Gasteiger partial charge in [0.05, 0.1) is 0 Å². The van der Waals surface area contributed by atoms with Crippen LogP contribution in [-0.2, 0) is 9.84 Å². The molecule has 0 spiro atoms. The Morgan fingerprint density at radius 2 is 1.88 bits per heavy atom. The molecule has 0 amide bonds. The van der Waals surface area contributed by atoms with E-state index < -0.39 is 9.84 Å². The first-order valence-electron chi connectivity index (χ1n) is 5.80. The summed E-state index contributed by atoms with van der Waals surface area (Å²) in [6.45, 7) is 4.12. The van der Waals surface area contributed by atoms with Crippen LogP contribution in [0.1, 0.15) is 35.6 Å². The predicted molar refractivity (Wildman–Crippen MR) is 71.8 cm³/mol. The van der Waals surface area contributed by atoms with E-state index in [1.165, 1.54) is 17.4 Å². The molecule has 1 aromatic rings. The van der Waals surface area contributed by atoms with E-state index >= 15 is 0 Å². The minimum Gasteiger partial charge on any atom is -0.324 e. The molecule has 0 saturated carbocycles. The maximum Gasteiger partial charge on any atom is 0.147 e. The number of rotatable bonds is 5. The third-order valence-corrected chi connectivity index (χ3v) is 4.02. The minimum absolute atomic E-state index is 0.0731. The molecule has 1 unspecified atom stereocenters. The zero-order valence-corrected chi connectivity index (χ0v) is 11.5. The van der Waals surface area contributed by atoms with Crippen LogP contribution in [0.2, 0.25) is 0 Å². The number of aryl methyl sites for hydroxylation is 2. The molecule has 1 aromatic carbocycles. The Morgan fingerprint density at radius 1 is 1.24 bits per heavy atom. The molecule has 1 rings (SSSR count). The molecule has 0 fully saturated rings.